The van der Waals surface area contributed by atoms with Crippen molar-refractivity contribution in [2.45, 2.75) is 33.2 Å². The maximum atomic E-state index is 11.7. The van der Waals surface area contributed by atoms with Crippen LogP contribution in [0, 0.1) is 6.92 Å². The SMILES string of the molecule is CCc1cccc(C(C)n2[nH]c(C)cc2=O)c1. The molecule has 2 rings (SSSR count). The quantitative estimate of drug-likeness (QED) is 0.864. The van der Waals surface area contributed by atoms with E-state index >= 15 is 0 Å². The molecule has 0 fully saturated rings. The molecule has 0 spiro atoms. The van der Waals surface area contributed by atoms with E-state index in [0.29, 0.717) is 0 Å². The highest BCUT2D eigenvalue weighted by atomic mass is 16.1. The fourth-order valence-electron chi connectivity index (χ4n) is 2.04. The zero-order valence-electron chi connectivity index (χ0n) is 10.5. The summed E-state index contributed by atoms with van der Waals surface area (Å²) in [7, 11) is 0. The van der Waals surface area contributed by atoms with Gasteiger partial charge in [0, 0.05) is 11.8 Å². The standard InChI is InChI=1S/C14H18N2O/c1-4-12-6-5-7-13(9-12)11(3)16-14(17)8-10(2)15-16/h5-9,11,15H,4H2,1-3H3. The second-order valence-electron chi connectivity index (χ2n) is 4.42. The third-order valence-electron chi connectivity index (χ3n) is 3.10. The van der Waals surface area contributed by atoms with Crippen LogP contribution in [0.3, 0.4) is 0 Å². The number of nitrogens with one attached hydrogen (secondary N) is 1. The van der Waals surface area contributed by atoms with Gasteiger partial charge in [0.05, 0.1) is 6.04 Å². The molecule has 0 radical (unpaired) electrons. The maximum absolute atomic E-state index is 11.7. The van der Waals surface area contributed by atoms with Crippen molar-refractivity contribution in [1.29, 1.82) is 0 Å². The molecule has 1 atom stereocenters. The molecule has 3 nitrogen and oxygen atoms in total. The molecule has 1 heterocycles. The number of hydrogen-bond acceptors (Lipinski definition) is 1. The van der Waals surface area contributed by atoms with Gasteiger partial charge in [0.1, 0.15) is 0 Å². The Morgan fingerprint density at radius 1 is 1.35 bits per heavy atom. The largest absolute Gasteiger partial charge is 0.299 e. The van der Waals surface area contributed by atoms with E-state index in [1.165, 1.54) is 5.56 Å². The second kappa shape index (κ2) is 4.62. The lowest BCUT2D eigenvalue weighted by molar-refractivity contribution is 0.544. The van der Waals surface area contributed by atoms with Gasteiger partial charge in [-0.2, -0.15) is 0 Å². The lowest BCUT2D eigenvalue weighted by Crippen LogP contribution is -2.20. The summed E-state index contributed by atoms with van der Waals surface area (Å²) in [6.07, 6.45) is 1.01. The summed E-state index contributed by atoms with van der Waals surface area (Å²) in [6.45, 7) is 6.06. The molecule has 90 valence electrons. The van der Waals surface area contributed by atoms with Gasteiger partial charge in [-0.05, 0) is 31.4 Å². The monoisotopic (exact) mass is 230 g/mol. The lowest BCUT2D eigenvalue weighted by Gasteiger charge is -2.13. The van der Waals surface area contributed by atoms with Crippen molar-refractivity contribution in [2.24, 2.45) is 0 Å². The number of hydrogen-bond donors (Lipinski definition) is 1. The first kappa shape index (κ1) is 11.7. The molecule has 3 heteroatoms. The zero-order chi connectivity index (χ0) is 12.4. The van der Waals surface area contributed by atoms with Crippen LogP contribution in [0.25, 0.3) is 0 Å². The minimum atomic E-state index is 0.0249. The van der Waals surface area contributed by atoms with E-state index < -0.39 is 0 Å². The van der Waals surface area contributed by atoms with Gasteiger partial charge in [-0.1, -0.05) is 31.2 Å². The number of H-pyrrole nitrogens is 1. The molecule has 0 aliphatic heterocycles. The minimum Gasteiger partial charge on any atom is -0.299 e. The van der Waals surface area contributed by atoms with Crippen molar-refractivity contribution in [1.82, 2.24) is 9.78 Å². The molecular formula is C14H18N2O. The van der Waals surface area contributed by atoms with Crippen LogP contribution in [0.1, 0.15) is 36.7 Å². The Balaban J connectivity index is 2.39. The van der Waals surface area contributed by atoms with Gasteiger partial charge < -0.3 is 0 Å². The van der Waals surface area contributed by atoms with Crippen LogP contribution >= 0.6 is 0 Å². The topological polar surface area (TPSA) is 37.8 Å². The molecule has 1 N–H and O–H groups in total. The first-order chi connectivity index (χ1) is 8.11. The van der Waals surface area contributed by atoms with Gasteiger partial charge in [-0.3, -0.25) is 9.89 Å². The molecule has 0 aliphatic carbocycles. The van der Waals surface area contributed by atoms with Gasteiger partial charge in [-0.15, -0.1) is 0 Å². The van der Waals surface area contributed by atoms with E-state index in [0.717, 1.165) is 17.7 Å². The molecule has 0 saturated heterocycles. The van der Waals surface area contributed by atoms with E-state index in [1.807, 2.05) is 19.9 Å². The normalized spacial score (nSPS) is 12.6. The Morgan fingerprint density at radius 3 is 2.71 bits per heavy atom. The molecule has 1 aromatic carbocycles. The van der Waals surface area contributed by atoms with Crippen LogP contribution in [-0.4, -0.2) is 9.78 Å². The first-order valence-corrected chi connectivity index (χ1v) is 5.98. The van der Waals surface area contributed by atoms with E-state index in [9.17, 15) is 4.79 Å². The molecule has 1 unspecified atom stereocenters. The predicted octanol–water partition coefficient (Wildman–Crippen LogP) is 2.66. The van der Waals surface area contributed by atoms with E-state index in [4.69, 9.17) is 0 Å². The summed E-state index contributed by atoms with van der Waals surface area (Å²) in [4.78, 5) is 11.7. The van der Waals surface area contributed by atoms with Crippen molar-refractivity contribution in [3.8, 4) is 0 Å². The van der Waals surface area contributed by atoms with Gasteiger partial charge >= 0.3 is 0 Å². The van der Waals surface area contributed by atoms with Crippen molar-refractivity contribution < 1.29 is 0 Å². The molecule has 0 saturated carbocycles. The average molecular weight is 230 g/mol. The summed E-state index contributed by atoms with van der Waals surface area (Å²) in [5.74, 6) is 0. The summed E-state index contributed by atoms with van der Waals surface area (Å²) in [5, 5.41) is 3.08. The number of aromatic nitrogens is 2. The Hall–Kier alpha value is -1.77. The highest BCUT2D eigenvalue weighted by molar-refractivity contribution is 5.26. The van der Waals surface area contributed by atoms with Gasteiger partial charge in [0.2, 0.25) is 0 Å². The summed E-state index contributed by atoms with van der Waals surface area (Å²) >= 11 is 0. The van der Waals surface area contributed by atoms with E-state index in [2.05, 4.69) is 30.2 Å². The number of benzene rings is 1. The Morgan fingerprint density at radius 2 is 2.12 bits per heavy atom. The van der Waals surface area contributed by atoms with Crippen LogP contribution in [0.5, 0.6) is 0 Å². The van der Waals surface area contributed by atoms with Crippen molar-refractivity contribution in [3.05, 3.63) is 57.5 Å². The van der Waals surface area contributed by atoms with Crippen LogP contribution in [-0.2, 0) is 6.42 Å². The summed E-state index contributed by atoms with van der Waals surface area (Å²) in [6, 6.07) is 10.0. The Kier molecular flexibility index (Phi) is 3.18. The predicted molar refractivity (Wildman–Crippen MR) is 69.4 cm³/mol. The second-order valence-corrected chi connectivity index (χ2v) is 4.42. The van der Waals surface area contributed by atoms with Crippen LogP contribution in [0.2, 0.25) is 0 Å². The van der Waals surface area contributed by atoms with Crippen molar-refractivity contribution >= 4 is 0 Å². The van der Waals surface area contributed by atoms with Crippen LogP contribution in [0.4, 0.5) is 0 Å². The molecule has 17 heavy (non-hydrogen) atoms. The fourth-order valence-corrected chi connectivity index (χ4v) is 2.04. The molecule has 0 aliphatic rings. The van der Waals surface area contributed by atoms with Gasteiger partial charge in [-0.25, -0.2) is 4.68 Å². The van der Waals surface area contributed by atoms with Gasteiger partial charge in [0.15, 0.2) is 0 Å². The van der Waals surface area contributed by atoms with Crippen LogP contribution in [0.15, 0.2) is 35.1 Å². The number of rotatable bonds is 3. The van der Waals surface area contributed by atoms with Crippen LogP contribution < -0.4 is 5.56 Å². The minimum absolute atomic E-state index is 0.0249. The third kappa shape index (κ3) is 2.33. The number of aryl methyl sites for hydroxylation is 2. The summed E-state index contributed by atoms with van der Waals surface area (Å²) in [5.41, 5.74) is 3.38. The fraction of sp³-hybridized carbons (Fsp3) is 0.357. The Labute approximate surface area is 101 Å². The van der Waals surface area contributed by atoms with E-state index in [-0.39, 0.29) is 11.6 Å². The lowest BCUT2D eigenvalue weighted by atomic mass is 10.0. The Bertz CT molecular complexity index is 566. The molecule has 2 aromatic rings. The first-order valence-electron chi connectivity index (χ1n) is 5.98. The number of nitrogens with zero attached hydrogens (tertiary/aromatic N) is 1. The highest BCUT2D eigenvalue weighted by Gasteiger charge is 2.11. The van der Waals surface area contributed by atoms with E-state index in [1.54, 1.807) is 10.7 Å². The molecular weight excluding hydrogens is 212 g/mol. The van der Waals surface area contributed by atoms with Crippen molar-refractivity contribution in [3.63, 3.8) is 0 Å². The summed E-state index contributed by atoms with van der Waals surface area (Å²) < 4.78 is 1.67. The molecule has 1 aromatic heterocycles. The molecule has 0 bridgehead atoms. The molecule has 0 amide bonds. The highest BCUT2D eigenvalue weighted by Crippen LogP contribution is 2.17. The zero-order valence-corrected chi connectivity index (χ0v) is 10.5. The van der Waals surface area contributed by atoms with Gasteiger partial charge in [0.25, 0.3) is 5.56 Å². The number of aromatic amines is 1. The maximum Gasteiger partial charge on any atom is 0.267 e. The smallest absolute Gasteiger partial charge is 0.267 e. The third-order valence-corrected chi connectivity index (χ3v) is 3.10. The average Bonchev–Trinajstić information content (AvgIpc) is 2.67. The van der Waals surface area contributed by atoms with Crippen molar-refractivity contribution in [2.75, 3.05) is 0 Å².